The van der Waals surface area contributed by atoms with Crippen molar-refractivity contribution in [2.24, 2.45) is 0 Å². The largest absolute Gasteiger partial charge is 0.338 e. The van der Waals surface area contributed by atoms with E-state index in [1.54, 1.807) is 17.5 Å². The van der Waals surface area contributed by atoms with Gasteiger partial charge in [0.15, 0.2) is 0 Å². The number of rotatable bonds is 7. The average molecular weight is 345 g/mol. The van der Waals surface area contributed by atoms with Crippen LogP contribution < -0.4 is 0 Å². The van der Waals surface area contributed by atoms with Gasteiger partial charge in [-0.3, -0.25) is 4.79 Å². The molecule has 0 aliphatic carbocycles. The van der Waals surface area contributed by atoms with Crippen LogP contribution in [-0.4, -0.2) is 53.9 Å². The lowest BCUT2D eigenvalue weighted by molar-refractivity contribution is -0.133. The van der Waals surface area contributed by atoms with Crippen LogP contribution in [0.1, 0.15) is 38.3 Å². The summed E-state index contributed by atoms with van der Waals surface area (Å²) in [6.45, 7) is 2.83. The summed E-state index contributed by atoms with van der Waals surface area (Å²) in [5.41, 5.74) is 2.56. The third kappa shape index (κ3) is 4.05. The second-order valence-electron chi connectivity index (χ2n) is 5.61. The molecule has 0 bridgehead atoms. The summed E-state index contributed by atoms with van der Waals surface area (Å²) in [6, 6.07) is -0.550. The Morgan fingerprint density at radius 1 is 1.55 bits per heavy atom. The molecule has 0 radical (unpaired) electrons. The molecule has 1 aliphatic rings. The molecule has 1 atom stereocenters. The molecule has 1 fully saturated rings. The maximum atomic E-state index is 12.6. The molecule has 2 heterocycles. The summed E-state index contributed by atoms with van der Waals surface area (Å²) < 4.78 is 26.2. The molecule has 6 nitrogen and oxygen atoms in total. The van der Waals surface area contributed by atoms with E-state index in [0.29, 0.717) is 25.9 Å². The number of thiazole rings is 1. The molecule has 22 heavy (non-hydrogen) atoms. The molecule has 124 valence electrons. The SMILES string of the molecule is CCCCS(=O)(=O)N1CCCC1C(=O)N(C)Cc1cscn1. The van der Waals surface area contributed by atoms with Crippen LogP contribution in [0, 0.1) is 0 Å². The molecule has 1 aliphatic heterocycles. The lowest BCUT2D eigenvalue weighted by Gasteiger charge is -2.27. The van der Waals surface area contributed by atoms with Crippen LogP contribution in [-0.2, 0) is 21.4 Å². The Kier molecular flexibility index (Phi) is 5.94. The summed E-state index contributed by atoms with van der Waals surface area (Å²) >= 11 is 1.48. The van der Waals surface area contributed by atoms with Gasteiger partial charge in [-0.25, -0.2) is 13.4 Å². The smallest absolute Gasteiger partial charge is 0.241 e. The van der Waals surface area contributed by atoms with E-state index in [9.17, 15) is 13.2 Å². The molecule has 0 aromatic carbocycles. The zero-order valence-corrected chi connectivity index (χ0v) is 14.7. The van der Waals surface area contributed by atoms with E-state index in [0.717, 1.165) is 18.5 Å². The van der Waals surface area contributed by atoms with Crippen LogP contribution in [0.4, 0.5) is 0 Å². The number of carbonyl (C=O) groups excluding carboxylic acids is 1. The Bertz CT molecular complexity index is 586. The standard InChI is InChI=1S/C14H23N3O3S2/c1-3-4-8-22(19,20)17-7-5-6-13(17)14(18)16(2)9-12-10-21-11-15-12/h10-11,13H,3-9H2,1-2H3. The van der Waals surface area contributed by atoms with Gasteiger partial charge in [0.25, 0.3) is 0 Å². The van der Waals surface area contributed by atoms with E-state index in [1.165, 1.54) is 15.6 Å². The third-order valence-corrected chi connectivity index (χ3v) is 6.45. The number of aromatic nitrogens is 1. The normalized spacial score (nSPS) is 19.5. The van der Waals surface area contributed by atoms with Gasteiger partial charge in [0.1, 0.15) is 6.04 Å². The molecular weight excluding hydrogens is 322 g/mol. The minimum atomic E-state index is -3.34. The van der Waals surface area contributed by atoms with E-state index >= 15 is 0 Å². The van der Waals surface area contributed by atoms with Crippen LogP contribution >= 0.6 is 11.3 Å². The van der Waals surface area contributed by atoms with Crippen molar-refractivity contribution < 1.29 is 13.2 Å². The molecule has 0 N–H and O–H groups in total. The number of hydrogen-bond acceptors (Lipinski definition) is 5. The lowest BCUT2D eigenvalue weighted by atomic mass is 10.2. The van der Waals surface area contributed by atoms with Crippen LogP contribution in [0.3, 0.4) is 0 Å². The molecule has 0 saturated carbocycles. The first-order valence-corrected chi connectivity index (χ1v) is 10.1. The second kappa shape index (κ2) is 7.52. The number of unbranched alkanes of at least 4 members (excludes halogenated alkanes) is 1. The average Bonchev–Trinajstić information content (AvgIpc) is 3.15. The van der Waals surface area contributed by atoms with Crippen molar-refractivity contribution >= 4 is 27.3 Å². The Morgan fingerprint density at radius 2 is 2.32 bits per heavy atom. The maximum Gasteiger partial charge on any atom is 0.241 e. The van der Waals surface area contributed by atoms with Crippen molar-refractivity contribution in [3.63, 3.8) is 0 Å². The molecule has 1 amide bonds. The van der Waals surface area contributed by atoms with Gasteiger partial charge in [-0.05, 0) is 19.3 Å². The van der Waals surface area contributed by atoms with Gasteiger partial charge in [-0.15, -0.1) is 11.3 Å². The molecule has 2 rings (SSSR count). The summed E-state index contributed by atoms with van der Waals surface area (Å²) in [7, 11) is -1.63. The number of hydrogen-bond donors (Lipinski definition) is 0. The van der Waals surface area contributed by atoms with E-state index in [-0.39, 0.29) is 11.7 Å². The Labute approximate surface area is 136 Å². The summed E-state index contributed by atoms with van der Waals surface area (Å²) in [6.07, 6.45) is 2.81. The Morgan fingerprint density at radius 3 is 2.95 bits per heavy atom. The first-order chi connectivity index (χ1) is 10.5. The van der Waals surface area contributed by atoms with E-state index in [1.807, 2.05) is 12.3 Å². The van der Waals surface area contributed by atoms with Crippen molar-refractivity contribution in [3.05, 3.63) is 16.6 Å². The quantitative estimate of drug-likeness (QED) is 0.754. The fourth-order valence-corrected chi connectivity index (χ4v) is 5.08. The monoisotopic (exact) mass is 345 g/mol. The van der Waals surface area contributed by atoms with Crippen molar-refractivity contribution in [3.8, 4) is 0 Å². The molecule has 8 heteroatoms. The van der Waals surface area contributed by atoms with Gasteiger partial charge in [0.2, 0.25) is 15.9 Å². The van der Waals surface area contributed by atoms with Crippen molar-refractivity contribution in [2.75, 3.05) is 19.3 Å². The number of amides is 1. The van der Waals surface area contributed by atoms with Crippen LogP contribution in [0.5, 0.6) is 0 Å². The predicted molar refractivity (Wildman–Crippen MR) is 87.0 cm³/mol. The summed E-state index contributed by atoms with van der Waals surface area (Å²) in [4.78, 5) is 18.3. The van der Waals surface area contributed by atoms with E-state index in [2.05, 4.69) is 4.98 Å². The minimum Gasteiger partial charge on any atom is -0.338 e. The Hall–Kier alpha value is -0.990. The van der Waals surface area contributed by atoms with Gasteiger partial charge in [0.05, 0.1) is 23.5 Å². The number of carbonyl (C=O) groups is 1. The molecule has 1 unspecified atom stereocenters. The molecule has 0 spiro atoms. The van der Waals surface area contributed by atoms with Crippen molar-refractivity contribution in [1.82, 2.24) is 14.2 Å². The molecular formula is C14H23N3O3S2. The highest BCUT2D eigenvalue weighted by Gasteiger charge is 2.39. The van der Waals surface area contributed by atoms with Crippen molar-refractivity contribution in [1.29, 1.82) is 0 Å². The number of likely N-dealkylation sites (N-methyl/N-ethyl adjacent to an activating group) is 1. The first-order valence-electron chi connectivity index (χ1n) is 7.57. The fraction of sp³-hybridized carbons (Fsp3) is 0.714. The highest BCUT2D eigenvalue weighted by Crippen LogP contribution is 2.24. The third-order valence-electron chi connectivity index (χ3n) is 3.86. The van der Waals surface area contributed by atoms with Crippen LogP contribution in [0.25, 0.3) is 0 Å². The van der Waals surface area contributed by atoms with Gasteiger partial charge in [-0.2, -0.15) is 4.31 Å². The van der Waals surface area contributed by atoms with Gasteiger partial charge in [0, 0.05) is 19.0 Å². The van der Waals surface area contributed by atoms with Crippen molar-refractivity contribution in [2.45, 2.75) is 45.2 Å². The number of nitrogens with zero attached hydrogens (tertiary/aromatic N) is 3. The second-order valence-corrected chi connectivity index (χ2v) is 8.37. The zero-order chi connectivity index (χ0) is 16.2. The van der Waals surface area contributed by atoms with Crippen LogP contribution in [0.2, 0.25) is 0 Å². The highest BCUT2D eigenvalue weighted by atomic mass is 32.2. The lowest BCUT2D eigenvalue weighted by Crippen LogP contribution is -2.47. The van der Waals surface area contributed by atoms with Gasteiger partial charge < -0.3 is 4.90 Å². The minimum absolute atomic E-state index is 0.128. The Balaban J connectivity index is 2.04. The number of sulfonamides is 1. The summed E-state index contributed by atoms with van der Waals surface area (Å²) in [5, 5.41) is 1.90. The topological polar surface area (TPSA) is 70.6 Å². The summed E-state index contributed by atoms with van der Waals surface area (Å²) in [5.74, 6) is -0.00567. The molecule has 1 aromatic rings. The first kappa shape index (κ1) is 17.4. The van der Waals surface area contributed by atoms with Gasteiger partial charge in [-0.1, -0.05) is 13.3 Å². The maximum absolute atomic E-state index is 12.6. The molecule has 1 saturated heterocycles. The predicted octanol–water partition coefficient (Wildman–Crippen LogP) is 1.70. The van der Waals surface area contributed by atoms with E-state index < -0.39 is 16.1 Å². The molecule has 1 aromatic heterocycles. The van der Waals surface area contributed by atoms with Gasteiger partial charge >= 0.3 is 0 Å². The zero-order valence-electron chi connectivity index (χ0n) is 13.1. The van der Waals surface area contributed by atoms with E-state index in [4.69, 9.17) is 0 Å². The van der Waals surface area contributed by atoms with Crippen LogP contribution in [0.15, 0.2) is 10.9 Å². The fourth-order valence-electron chi connectivity index (χ4n) is 2.65. The highest BCUT2D eigenvalue weighted by molar-refractivity contribution is 7.89.